The lowest BCUT2D eigenvalue weighted by molar-refractivity contribution is 0.606. The number of benzene rings is 1. The smallest absolute Gasteiger partial charge is 0.155 e. The molecule has 0 fully saturated rings. The number of fused-ring (bicyclic) bond motifs is 1. The molecule has 15 heavy (non-hydrogen) atoms. The maximum absolute atomic E-state index is 4.26. The van der Waals surface area contributed by atoms with E-state index in [1.807, 2.05) is 18.2 Å². The second-order valence-corrected chi connectivity index (χ2v) is 4.23. The van der Waals surface area contributed by atoms with Crippen molar-refractivity contribution < 1.29 is 0 Å². The van der Waals surface area contributed by atoms with E-state index in [1.54, 1.807) is 0 Å². The molecule has 0 aliphatic rings. The minimum Gasteiger partial charge on any atom is -0.368 e. The Hall–Kier alpha value is -1.51. The van der Waals surface area contributed by atoms with Crippen LogP contribution in [0.15, 0.2) is 24.3 Å². The number of aromatic nitrogens is 2. The van der Waals surface area contributed by atoms with Crippen LogP contribution in [0.3, 0.4) is 0 Å². The van der Waals surface area contributed by atoms with E-state index in [0.717, 1.165) is 23.8 Å². The third kappa shape index (κ3) is 2.29. The molecule has 3 nitrogen and oxygen atoms in total. The fourth-order valence-corrected chi connectivity index (χ4v) is 1.58. The third-order valence-electron chi connectivity index (χ3n) is 2.48. The molecule has 0 unspecified atom stereocenters. The van der Waals surface area contributed by atoms with Crippen LogP contribution < -0.4 is 5.32 Å². The molecule has 80 valence electrons. The van der Waals surface area contributed by atoms with E-state index in [0.29, 0.717) is 0 Å². The van der Waals surface area contributed by atoms with Gasteiger partial charge in [0.1, 0.15) is 0 Å². The minimum absolute atomic E-state index is 0.725. The molecule has 0 spiro atoms. The number of nitrogens with zero attached hydrogens (tertiary/aromatic N) is 1. The molecule has 0 saturated heterocycles. The minimum atomic E-state index is 0.725. The van der Waals surface area contributed by atoms with Crippen LogP contribution in [0.25, 0.3) is 10.9 Å². The molecular formula is C12H17N3. The summed E-state index contributed by atoms with van der Waals surface area (Å²) in [4.78, 5) is 0. The molecule has 0 aliphatic carbocycles. The molecule has 2 aromatic rings. The van der Waals surface area contributed by atoms with Gasteiger partial charge in [-0.15, -0.1) is 0 Å². The van der Waals surface area contributed by atoms with Crippen molar-refractivity contribution in [1.82, 2.24) is 10.2 Å². The molecule has 2 rings (SSSR count). The van der Waals surface area contributed by atoms with Crippen molar-refractivity contribution in [1.29, 1.82) is 0 Å². The number of para-hydroxylation sites is 1. The van der Waals surface area contributed by atoms with Crippen molar-refractivity contribution in [3.8, 4) is 0 Å². The Balaban J connectivity index is 2.08. The highest BCUT2D eigenvalue weighted by molar-refractivity contribution is 5.89. The van der Waals surface area contributed by atoms with Crippen molar-refractivity contribution in [2.45, 2.75) is 20.3 Å². The average molecular weight is 203 g/mol. The van der Waals surface area contributed by atoms with Gasteiger partial charge < -0.3 is 5.32 Å². The summed E-state index contributed by atoms with van der Waals surface area (Å²) in [7, 11) is 0. The lowest BCUT2D eigenvalue weighted by Crippen LogP contribution is -2.05. The SMILES string of the molecule is CC(C)CCNc1n[nH]c2ccccc12. The van der Waals surface area contributed by atoms with E-state index in [1.165, 1.54) is 11.8 Å². The second kappa shape index (κ2) is 4.34. The van der Waals surface area contributed by atoms with Crippen molar-refractivity contribution in [2.75, 3.05) is 11.9 Å². The summed E-state index contributed by atoms with van der Waals surface area (Å²) in [5.41, 5.74) is 1.09. The second-order valence-electron chi connectivity index (χ2n) is 4.23. The molecular weight excluding hydrogens is 186 g/mol. The lowest BCUT2D eigenvalue weighted by Gasteiger charge is -2.05. The lowest BCUT2D eigenvalue weighted by atomic mass is 10.1. The van der Waals surface area contributed by atoms with Crippen LogP contribution in [0, 0.1) is 5.92 Å². The first kappa shape index (κ1) is 10.0. The van der Waals surface area contributed by atoms with Crippen LogP contribution in [0.5, 0.6) is 0 Å². The zero-order valence-corrected chi connectivity index (χ0v) is 9.25. The van der Waals surface area contributed by atoms with Gasteiger partial charge in [0.2, 0.25) is 0 Å². The van der Waals surface area contributed by atoms with Crippen LogP contribution in [-0.4, -0.2) is 16.7 Å². The van der Waals surface area contributed by atoms with E-state index in [9.17, 15) is 0 Å². The summed E-state index contributed by atoms with van der Waals surface area (Å²) in [6.07, 6.45) is 1.17. The maximum Gasteiger partial charge on any atom is 0.155 e. The predicted octanol–water partition coefficient (Wildman–Crippen LogP) is 3.02. The van der Waals surface area contributed by atoms with Gasteiger partial charge in [0.25, 0.3) is 0 Å². The van der Waals surface area contributed by atoms with Crippen molar-refractivity contribution in [2.24, 2.45) is 5.92 Å². The van der Waals surface area contributed by atoms with Crippen molar-refractivity contribution >= 4 is 16.7 Å². The Morgan fingerprint density at radius 2 is 2.13 bits per heavy atom. The molecule has 2 N–H and O–H groups in total. The summed E-state index contributed by atoms with van der Waals surface area (Å²) in [6, 6.07) is 8.16. The zero-order chi connectivity index (χ0) is 10.7. The van der Waals surface area contributed by atoms with Crippen molar-refractivity contribution in [3.05, 3.63) is 24.3 Å². The number of hydrogen-bond acceptors (Lipinski definition) is 2. The summed E-state index contributed by atoms with van der Waals surface area (Å²) < 4.78 is 0. The molecule has 0 saturated carbocycles. The van der Waals surface area contributed by atoms with Gasteiger partial charge in [-0.1, -0.05) is 26.0 Å². The number of hydrogen-bond donors (Lipinski definition) is 2. The molecule has 3 heteroatoms. The molecule has 1 aromatic carbocycles. The van der Waals surface area contributed by atoms with Crippen LogP contribution in [0.2, 0.25) is 0 Å². The fraction of sp³-hybridized carbons (Fsp3) is 0.417. The Labute approximate surface area is 89.9 Å². The highest BCUT2D eigenvalue weighted by Gasteiger charge is 2.03. The van der Waals surface area contributed by atoms with Gasteiger partial charge in [0.05, 0.1) is 5.52 Å². The zero-order valence-electron chi connectivity index (χ0n) is 9.25. The van der Waals surface area contributed by atoms with Gasteiger partial charge in [0, 0.05) is 11.9 Å². The van der Waals surface area contributed by atoms with Crippen LogP contribution in [0.4, 0.5) is 5.82 Å². The van der Waals surface area contributed by atoms with Gasteiger partial charge in [0.15, 0.2) is 5.82 Å². The molecule has 0 amide bonds. The van der Waals surface area contributed by atoms with Gasteiger partial charge in [-0.2, -0.15) is 5.10 Å². The summed E-state index contributed by atoms with van der Waals surface area (Å²) in [5, 5.41) is 11.8. The number of anilines is 1. The third-order valence-corrected chi connectivity index (χ3v) is 2.48. The Morgan fingerprint density at radius 3 is 2.93 bits per heavy atom. The van der Waals surface area contributed by atoms with E-state index in [2.05, 4.69) is 35.4 Å². The molecule has 0 radical (unpaired) electrons. The monoisotopic (exact) mass is 203 g/mol. The van der Waals surface area contributed by atoms with Gasteiger partial charge >= 0.3 is 0 Å². The first-order valence-corrected chi connectivity index (χ1v) is 5.44. The van der Waals surface area contributed by atoms with Crippen molar-refractivity contribution in [3.63, 3.8) is 0 Å². The average Bonchev–Trinajstić information content (AvgIpc) is 2.62. The molecule has 0 aliphatic heterocycles. The maximum atomic E-state index is 4.26. The fourth-order valence-electron chi connectivity index (χ4n) is 1.58. The van der Waals surface area contributed by atoms with E-state index in [-0.39, 0.29) is 0 Å². The van der Waals surface area contributed by atoms with Crippen LogP contribution in [-0.2, 0) is 0 Å². The van der Waals surface area contributed by atoms with E-state index >= 15 is 0 Å². The molecule has 0 bridgehead atoms. The van der Waals surface area contributed by atoms with Gasteiger partial charge in [-0.25, -0.2) is 0 Å². The van der Waals surface area contributed by atoms with Crippen LogP contribution >= 0.6 is 0 Å². The summed E-state index contributed by atoms with van der Waals surface area (Å²) in [6.45, 7) is 5.43. The Bertz CT molecular complexity index is 431. The highest BCUT2D eigenvalue weighted by atomic mass is 15.2. The Morgan fingerprint density at radius 1 is 1.33 bits per heavy atom. The summed E-state index contributed by atoms with van der Waals surface area (Å²) >= 11 is 0. The Kier molecular flexibility index (Phi) is 2.90. The first-order valence-electron chi connectivity index (χ1n) is 5.44. The quantitative estimate of drug-likeness (QED) is 0.802. The number of rotatable bonds is 4. The standard InChI is InChI=1S/C12H17N3/c1-9(2)7-8-13-12-10-5-3-4-6-11(10)14-15-12/h3-6,9H,7-8H2,1-2H3,(H2,13,14,15). The number of aromatic amines is 1. The van der Waals surface area contributed by atoms with E-state index in [4.69, 9.17) is 0 Å². The van der Waals surface area contributed by atoms with Gasteiger partial charge in [-0.3, -0.25) is 5.10 Å². The first-order chi connectivity index (χ1) is 7.27. The number of H-pyrrole nitrogens is 1. The number of nitrogens with one attached hydrogen (secondary N) is 2. The molecule has 0 atom stereocenters. The normalized spacial score (nSPS) is 11.1. The molecule has 1 heterocycles. The van der Waals surface area contributed by atoms with E-state index < -0.39 is 0 Å². The molecule has 1 aromatic heterocycles. The van der Waals surface area contributed by atoms with Crippen LogP contribution in [0.1, 0.15) is 20.3 Å². The van der Waals surface area contributed by atoms with Gasteiger partial charge in [-0.05, 0) is 24.5 Å². The summed E-state index contributed by atoms with van der Waals surface area (Å²) in [5.74, 6) is 1.69. The predicted molar refractivity (Wildman–Crippen MR) is 64.0 cm³/mol. The largest absolute Gasteiger partial charge is 0.368 e. The topological polar surface area (TPSA) is 40.7 Å². The highest BCUT2D eigenvalue weighted by Crippen LogP contribution is 2.19.